The second kappa shape index (κ2) is 10.2. The third-order valence-electron chi connectivity index (χ3n) is 6.44. The molecule has 1 aliphatic heterocycles. The largest absolute Gasteiger partial charge is 0.378 e. The molecule has 0 radical (unpaired) electrons. The van der Waals surface area contributed by atoms with Crippen LogP contribution >= 0.6 is 0 Å². The summed E-state index contributed by atoms with van der Waals surface area (Å²) in [4.78, 5) is 4.10. The summed E-state index contributed by atoms with van der Waals surface area (Å²) in [6, 6.07) is 8.56. The molecule has 0 bridgehead atoms. The molecule has 2 heterocycles. The summed E-state index contributed by atoms with van der Waals surface area (Å²) in [6.07, 6.45) is 18.0. The number of aromatic nitrogens is 2. The van der Waals surface area contributed by atoms with Gasteiger partial charge in [0.1, 0.15) is 0 Å². The number of hydrogen-bond donors (Lipinski definition) is 0. The van der Waals surface area contributed by atoms with E-state index >= 15 is 0 Å². The van der Waals surface area contributed by atoms with Gasteiger partial charge < -0.3 is 14.0 Å². The van der Waals surface area contributed by atoms with Crippen LogP contribution in [0.2, 0.25) is 0 Å². The molecule has 1 saturated carbocycles. The molecule has 1 aromatic carbocycles. The third kappa shape index (κ3) is 5.45. The van der Waals surface area contributed by atoms with Crippen LogP contribution in [0.3, 0.4) is 0 Å². The van der Waals surface area contributed by atoms with Gasteiger partial charge >= 0.3 is 0 Å². The van der Waals surface area contributed by atoms with Crippen LogP contribution in [0.5, 0.6) is 0 Å². The minimum Gasteiger partial charge on any atom is -0.378 e. The van der Waals surface area contributed by atoms with Gasteiger partial charge in [-0.2, -0.15) is 0 Å². The lowest BCUT2D eigenvalue weighted by molar-refractivity contribution is -0.00148. The van der Waals surface area contributed by atoms with Crippen LogP contribution in [0, 0.1) is 11.8 Å². The Labute approximate surface area is 169 Å². The summed E-state index contributed by atoms with van der Waals surface area (Å²) in [5, 5.41) is 0. The summed E-state index contributed by atoms with van der Waals surface area (Å²) in [7, 11) is 0. The van der Waals surface area contributed by atoms with Crippen molar-refractivity contribution in [1.82, 2.24) is 9.55 Å². The Balaban J connectivity index is 1.25. The molecule has 4 rings (SSSR count). The molecular weight excluding hydrogens is 348 g/mol. The van der Waals surface area contributed by atoms with Crippen molar-refractivity contribution >= 4 is 0 Å². The third-order valence-corrected chi connectivity index (χ3v) is 6.44. The van der Waals surface area contributed by atoms with E-state index in [4.69, 9.17) is 9.47 Å². The van der Waals surface area contributed by atoms with Crippen LogP contribution < -0.4 is 0 Å². The molecule has 2 aliphatic rings. The van der Waals surface area contributed by atoms with Crippen LogP contribution in [-0.4, -0.2) is 28.9 Å². The van der Waals surface area contributed by atoms with Crippen LogP contribution in [0.4, 0.5) is 0 Å². The highest BCUT2D eigenvalue weighted by atomic mass is 16.5. The summed E-state index contributed by atoms with van der Waals surface area (Å²) in [5.74, 6) is 1.42. The van der Waals surface area contributed by atoms with Gasteiger partial charge in [-0.25, -0.2) is 4.98 Å². The molecule has 4 heteroatoms. The summed E-state index contributed by atoms with van der Waals surface area (Å²) in [6.45, 7) is 2.49. The van der Waals surface area contributed by atoms with Gasteiger partial charge in [0.05, 0.1) is 19.0 Å². The second-order valence-electron chi connectivity index (χ2n) is 8.56. The minimum atomic E-state index is 0.462. The number of ether oxygens (including phenoxy) is 2. The lowest BCUT2D eigenvalue weighted by atomic mass is 9.87. The average Bonchev–Trinajstić information content (AvgIpc) is 2.98. The zero-order chi connectivity index (χ0) is 19.0. The van der Waals surface area contributed by atoms with Gasteiger partial charge in [-0.1, -0.05) is 37.8 Å². The lowest BCUT2D eigenvalue weighted by Gasteiger charge is -2.27. The van der Waals surface area contributed by atoms with Gasteiger partial charge in [0, 0.05) is 31.3 Å². The van der Waals surface area contributed by atoms with Crippen molar-refractivity contribution in [3.8, 4) is 5.69 Å². The van der Waals surface area contributed by atoms with E-state index in [0.29, 0.717) is 18.6 Å². The number of nitrogens with zero attached hydrogens (tertiary/aromatic N) is 2. The molecule has 1 aromatic heterocycles. The molecule has 4 nitrogen and oxygen atoms in total. The second-order valence-corrected chi connectivity index (χ2v) is 8.56. The molecule has 152 valence electrons. The molecule has 2 atom stereocenters. The summed E-state index contributed by atoms with van der Waals surface area (Å²) < 4.78 is 14.4. The van der Waals surface area contributed by atoms with Crippen LogP contribution in [0.15, 0.2) is 43.0 Å². The van der Waals surface area contributed by atoms with Crippen molar-refractivity contribution in [2.45, 2.75) is 70.5 Å². The molecule has 0 amide bonds. The Hall–Kier alpha value is -1.65. The first kappa shape index (κ1) is 19.7. The molecule has 2 aromatic rings. The van der Waals surface area contributed by atoms with Crippen molar-refractivity contribution in [3.63, 3.8) is 0 Å². The van der Waals surface area contributed by atoms with Crippen molar-refractivity contribution < 1.29 is 9.47 Å². The topological polar surface area (TPSA) is 36.3 Å². The maximum Gasteiger partial charge on any atom is 0.0991 e. The van der Waals surface area contributed by atoms with E-state index in [-0.39, 0.29) is 0 Å². The molecule has 2 unspecified atom stereocenters. The monoisotopic (exact) mass is 382 g/mol. The molecule has 0 spiro atoms. The molecule has 1 saturated heterocycles. The highest BCUT2D eigenvalue weighted by molar-refractivity contribution is 5.34. The van der Waals surface area contributed by atoms with E-state index in [2.05, 4.69) is 29.2 Å². The van der Waals surface area contributed by atoms with Crippen molar-refractivity contribution in [2.75, 3.05) is 13.2 Å². The standard InChI is InChI=1S/C24H34N2O2/c1-2-4-8-22(7-3-1)24-16-21(6-5-15-28-24)18-27-17-20-9-11-23(12-10-20)26-14-13-25-19-26/h9-14,19,21-22,24H,1-8,15-18H2. The zero-order valence-corrected chi connectivity index (χ0v) is 17.0. The Morgan fingerprint density at radius 2 is 1.82 bits per heavy atom. The highest BCUT2D eigenvalue weighted by Crippen LogP contribution is 2.33. The van der Waals surface area contributed by atoms with Gasteiger partial charge in [0.2, 0.25) is 0 Å². The molecule has 1 aliphatic carbocycles. The van der Waals surface area contributed by atoms with E-state index < -0.39 is 0 Å². The quantitative estimate of drug-likeness (QED) is 0.615. The fourth-order valence-corrected chi connectivity index (χ4v) is 4.80. The lowest BCUT2D eigenvalue weighted by Crippen LogP contribution is -2.26. The minimum absolute atomic E-state index is 0.462. The van der Waals surface area contributed by atoms with Crippen LogP contribution in [0.1, 0.15) is 63.4 Å². The molecular formula is C24H34N2O2. The number of rotatable bonds is 6. The summed E-state index contributed by atoms with van der Waals surface area (Å²) in [5.41, 5.74) is 2.36. The van der Waals surface area contributed by atoms with Gasteiger partial charge in [0.25, 0.3) is 0 Å². The summed E-state index contributed by atoms with van der Waals surface area (Å²) >= 11 is 0. The van der Waals surface area contributed by atoms with Gasteiger partial charge in [-0.15, -0.1) is 0 Å². The van der Waals surface area contributed by atoms with Gasteiger partial charge in [-0.3, -0.25) is 0 Å². The Kier molecular flexibility index (Phi) is 7.17. The van der Waals surface area contributed by atoms with E-state index in [1.165, 1.54) is 63.4 Å². The number of benzene rings is 1. The van der Waals surface area contributed by atoms with Gasteiger partial charge in [0.15, 0.2) is 0 Å². The molecule has 0 N–H and O–H groups in total. The van der Waals surface area contributed by atoms with Crippen molar-refractivity contribution in [1.29, 1.82) is 0 Å². The van der Waals surface area contributed by atoms with Crippen LogP contribution in [-0.2, 0) is 16.1 Å². The Morgan fingerprint density at radius 3 is 2.57 bits per heavy atom. The SMILES string of the molecule is c1cn(-c2ccc(COCC3CCCOC(C4CCCCCC4)C3)cc2)cn1. The fourth-order valence-electron chi connectivity index (χ4n) is 4.80. The first-order valence-corrected chi connectivity index (χ1v) is 11.1. The smallest absolute Gasteiger partial charge is 0.0991 e. The normalized spacial score (nSPS) is 24.6. The average molecular weight is 383 g/mol. The maximum atomic E-state index is 6.28. The van der Waals surface area contributed by atoms with Crippen molar-refractivity contribution in [2.24, 2.45) is 11.8 Å². The Morgan fingerprint density at radius 1 is 1.00 bits per heavy atom. The fraction of sp³-hybridized carbons (Fsp3) is 0.625. The predicted octanol–water partition coefficient (Wildman–Crippen LogP) is 5.54. The first-order chi connectivity index (χ1) is 13.9. The van der Waals surface area contributed by atoms with E-state index in [9.17, 15) is 0 Å². The Bertz CT molecular complexity index is 675. The van der Waals surface area contributed by atoms with E-state index in [0.717, 1.165) is 24.8 Å². The molecule has 2 fully saturated rings. The number of imidazole rings is 1. The van der Waals surface area contributed by atoms with Gasteiger partial charge in [-0.05, 0) is 61.6 Å². The van der Waals surface area contributed by atoms with E-state index in [1.807, 2.05) is 17.1 Å². The zero-order valence-electron chi connectivity index (χ0n) is 17.0. The first-order valence-electron chi connectivity index (χ1n) is 11.1. The highest BCUT2D eigenvalue weighted by Gasteiger charge is 2.28. The van der Waals surface area contributed by atoms with E-state index in [1.54, 1.807) is 6.20 Å². The van der Waals surface area contributed by atoms with Crippen LogP contribution in [0.25, 0.3) is 5.69 Å². The maximum absolute atomic E-state index is 6.28. The molecule has 28 heavy (non-hydrogen) atoms. The van der Waals surface area contributed by atoms with Crippen molar-refractivity contribution in [3.05, 3.63) is 48.5 Å². The number of hydrogen-bond acceptors (Lipinski definition) is 3. The predicted molar refractivity (Wildman–Crippen MR) is 111 cm³/mol.